The maximum Gasteiger partial charge on any atom is 0.263 e. The molecule has 0 atom stereocenters. The van der Waals surface area contributed by atoms with E-state index in [1.807, 2.05) is 35.0 Å². The number of nitrogens with zero attached hydrogens (tertiary/aromatic N) is 3. The smallest absolute Gasteiger partial charge is 0.263 e. The summed E-state index contributed by atoms with van der Waals surface area (Å²) in [4.78, 5) is 28.3. The summed E-state index contributed by atoms with van der Waals surface area (Å²) < 4.78 is 12.6. The molecule has 1 aliphatic heterocycles. The van der Waals surface area contributed by atoms with Crippen LogP contribution in [0.15, 0.2) is 79.0 Å². The van der Waals surface area contributed by atoms with E-state index in [0.717, 1.165) is 16.9 Å². The normalized spacial score (nSPS) is 12.2. The molecule has 1 aliphatic rings. The number of hydrogen-bond acceptors (Lipinski definition) is 5. The van der Waals surface area contributed by atoms with E-state index in [1.54, 1.807) is 53.6 Å². The number of rotatable bonds is 5. The second kappa shape index (κ2) is 9.34. The van der Waals surface area contributed by atoms with Crippen LogP contribution in [-0.4, -0.2) is 35.8 Å². The lowest BCUT2D eigenvalue weighted by molar-refractivity contribution is 0.0983. The van der Waals surface area contributed by atoms with Crippen molar-refractivity contribution in [1.82, 2.24) is 9.78 Å². The third-order valence-electron chi connectivity index (χ3n) is 6.02. The van der Waals surface area contributed by atoms with Gasteiger partial charge in [0.25, 0.3) is 11.8 Å². The van der Waals surface area contributed by atoms with Crippen molar-refractivity contribution in [2.75, 3.05) is 24.4 Å². The van der Waals surface area contributed by atoms with Crippen LogP contribution in [0.4, 0.5) is 11.4 Å². The fourth-order valence-electron chi connectivity index (χ4n) is 4.25. The van der Waals surface area contributed by atoms with Crippen molar-refractivity contribution in [3.63, 3.8) is 0 Å². The standard InChI is InChI=1S/C27H24N4O4/c1-34-23-8-5-9-24(35-2)25(23)26(32)29-20-12-10-18(11-13-20)27(33)30-17-21-14-15-28-31(21)16-19-6-3-4-7-22(19)30/h3-15H,16-17H2,1-2H3,(H,29,32). The first-order valence-electron chi connectivity index (χ1n) is 11.1. The van der Waals surface area contributed by atoms with Gasteiger partial charge in [0.1, 0.15) is 17.1 Å². The van der Waals surface area contributed by atoms with E-state index in [1.165, 1.54) is 14.2 Å². The molecule has 2 amide bonds. The van der Waals surface area contributed by atoms with Crippen LogP contribution in [0.3, 0.4) is 0 Å². The van der Waals surface area contributed by atoms with E-state index in [0.29, 0.717) is 41.4 Å². The molecule has 0 saturated heterocycles. The highest BCUT2D eigenvalue weighted by atomic mass is 16.5. The van der Waals surface area contributed by atoms with E-state index in [4.69, 9.17) is 9.47 Å². The minimum Gasteiger partial charge on any atom is -0.496 e. The maximum atomic E-state index is 13.5. The van der Waals surface area contributed by atoms with Crippen LogP contribution in [-0.2, 0) is 13.1 Å². The molecule has 1 N–H and O–H groups in total. The Morgan fingerprint density at radius 2 is 1.57 bits per heavy atom. The quantitative estimate of drug-likeness (QED) is 0.470. The molecule has 0 aliphatic carbocycles. The number of benzene rings is 3. The van der Waals surface area contributed by atoms with Gasteiger partial charge in [-0.25, -0.2) is 0 Å². The summed E-state index contributed by atoms with van der Waals surface area (Å²) in [6.07, 6.45) is 1.75. The van der Waals surface area contributed by atoms with Gasteiger partial charge in [-0.1, -0.05) is 24.3 Å². The Bertz CT molecular complexity index is 1370. The second-order valence-electron chi connectivity index (χ2n) is 8.07. The molecule has 0 saturated carbocycles. The molecule has 4 aromatic rings. The molecule has 3 aromatic carbocycles. The van der Waals surface area contributed by atoms with Gasteiger partial charge in [0.15, 0.2) is 0 Å². The van der Waals surface area contributed by atoms with Gasteiger partial charge in [-0.2, -0.15) is 5.10 Å². The topological polar surface area (TPSA) is 85.7 Å². The molecule has 0 fully saturated rings. The van der Waals surface area contributed by atoms with Crippen LogP contribution in [0, 0.1) is 0 Å². The SMILES string of the molecule is COc1cccc(OC)c1C(=O)Nc1ccc(C(=O)N2Cc3ccnn3Cc3ccccc32)cc1. The Hall–Kier alpha value is -4.59. The molecule has 176 valence electrons. The average molecular weight is 469 g/mol. The summed E-state index contributed by atoms with van der Waals surface area (Å²) in [5.41, 5.74) is 4.22. The molecule has 1 aromatic heterocycles. The third-order valence-corrected chi connectivity index (χ3v) is 6.02. The first-order chi connectivity index (χ1) is 17.1. The van der Waals surface area contributed by atoms with Gasteiger partial charge in [0.05, 0.1) is 33.0 Å². The molecule has 8 heteroatoms. The molecular formula is C27H24N4O4. The van der Waals surface area contributed by atoms with Gasteiger partial charge in [-0.15, -0.1) is 0 Å². The lowest BCUT2D eigenvalue weighted by atomic mass is 10.1. The molecule has 35 heavy (non-hydrogen) atoms. The lowest BCUT2D eigenvalue weighted by Crippen LogP contribution is -2.30. The van der Waals surface area contributed by atoms with Crippen molar-refractivity contribution in [3.05, 3.63) is 101 Å². The van der Waals surface area contributed by atoms with Crippen LogP contribution in [0.1, 0.15) is 32.0 Å². The predicted octanol–water partition coefficient (Wildman–Crippen LogP) is 4.36. The molecule has 0 spiro atoms. The number of ether oxygens (including phenoxy) is 2. The molecule has 0 unspecified atom stereocenters. The van der Waals surface area contributed by atoms with Crippen LogP contribution in [0.25, 0.3) is 0 Å². The van der Waals surface area contributed by atoms with Crippen molar-refractivity contribution in [1.29, 1.82) is 0 Å². The van der Waals surface area contributed by atoms with E-state index in [9.17, 15) is 9.59 Å². The fraction of sp³-hybridized carbons (Fsp3) is 0.148. The van der Waals surface area contributed by atoms with E-state index >= 15 is 0 Å². The molecular weight excluding hydrogens is 444 g/mol. The maximum absolute atomic E-state index is 13.5. The van der Waals surface area contributed by atoms with Crippen molar-refractivity contribution < 1.29 is 19.1 Å². The average Bonchev–Trinajstić information content (AvgIpc) is 3.27. The van der Waals surface area contributed by atoms with Crippen LogP contribution in [0.5, 0.6) is 11.5 Å². The van der Waals surface area contributed by atoms with Gasteiger partial charge >= 0.3 is 0 Å². The van der Waals surface area contributed by atoms with Crippen molar-refractivity contribution in [2.45, 2.75) is 13.1 Å². The molecule has 2 heterocycles. The molecule has 5 rings (SSSR count). The zero-order valence-corrected chi connectivity index (χ0v) is 19.4. The Morgan fingerprint density at radius 1 is 0.857 bits per heavy atom. The fourth-order valence-corrected chi connectivity index (χ4v) is 4.25. The van der Waals surface area contributed by atoms with E-state index in [2.05, 4.69) is 10.4 Å². The van der Waals surface area contributed by atoms with Gasteiger partial charge < -0.3 is 19.7 Å². The van der Waals surface area contributed by atoms with E-state index in [-0.39, 0.29) is 11.8 Å². The molecule has 0 radical (unpaired) electrons. The highest BCUT2D eigenvalue weighted by Gasteiger charge is 2.25. The number of para-hydroxylation sites is 1. The Morgan fingerprint density at radius 3 is 2.29 bits per heavy atom. The number of aromatic nitrogens is 2. The zero-order valence-electron chi connectivity index (χ0n) is 19.4. The number of carbonyl (C=O) groups is 2. The van der Waals surface area contributed by atoms with Gasteiger partial charge in [-0.3, -0.25) is 14.3 Å². The first-order valence-corrected chi connectivity index (χ1v) is 11.1. The Balaban J connectivity index is 1.39. The van der Waals surface area contributed by atoms with Crippen LogP contribution in [0.2, 0.25) is 0 Å². The first kappa shape index (κ1) is 22.2. The van der Waals surface area contributed by atoms with Crippen molar-refractivity contribution in [2.24, 2.45) is 0 Å². The summed E-state index contributed by atoms with van der Waals surface area (Å²) in [6, 6.07) is 21.8. The van der Waals surface area contributed by atoms with Crippen molar-refractivity contribution >= 4 is 23.2 Å². The zero-order chi connectivity index (χ0) is 24.4. The van der Waals surface area contributed by atoms with Crippen LogP contribution >= 0.6 is 0 Å². The number of amides is 2. The number of nitrogens with one attached hydrogen (secondary N) is 1. The number of methoxy groups -OCH3 is 2. The summed E-state index contributed by atoms with van der Waals surface area (Å²) in [6.45, 7) is 1.03. The second-order valence-corrected chi connectivity index (χ2v) is 8.07. The summed E-state index contributed by atoms with van der Waals surface area (Å²) >= 11 is 0. The number of anilines is 2. The van der Waals surface area contributed by atoms with Crippen molar-refractivity contribution in [3.8, 4) is 11.5 Å². The lowest BCUT2D eigenvalue weighted by Gasteiger charge is -2.22. The van der Waals surface area contributed by atoms with E-state index < -0.39 is 0 Å². The number of carbonyl (C=O) groups excluding carboxylic acids is 2. The summed E-state index contributed by atoms with van der Waals surface area (Å²) in [7, 11) is 3.00. The Labute approximate surface area is 202 Å². The monoisotopic (exact) mass is 468 g/mol. The van der Waals surface area contributed by atoms with Crippen LogP contribution < -0.4 is 19.7 Å². The highest BCUT2D eigenvalue weighted by Crippen LogP contribution is 2.30. The minimum atomic E-state index is -0.368. The Kier molecular flexibility index (Phi) is 5.93. The number of fused-ring (bicyclic) bond motifs is 2. The number of hydrogen-bond donors (Lipinski definition) is 1. The molecule has 0 bridgehead atoms. The predicted molar refractivity (Wildman–Crippen MR) is 132 cm³/mol. The third kappa shape index (κ3) is 4.21. The largest absolute Gasteiger partial charge is 0.496 e. The van der Waals surface area contributed by atoms with Gasteiger partial charge in [-0.05, 0) is 54.1 Å². The summed E-state index contributed by atoms with van der Waals surface area (Å²) in [5, 5.41) is 7.24. The molecule has 8 nitrogen and oxygen atoms in total. The van der Waals surface area contributed by atoms with Gasteiger partial charge in [0.2, 0.25) is 0 Å². The highest BCUT2D eigenvalue weighted by molar-refractivity contribution is 6.09. The van der Waals surface area contributed by atoms with Gasteiger partial charge in [0, 0.05) is 23.1 Å². The minimum absolute atomic E-state index is 0.128. The summed E-state index contributed by atoms with van der Waals surface area (Å²) in [5.74, 6) is 0.324.